The molecule has 14 heavy (non-hydrogen) atoms. The second kappa shape index (κ2) is 4.61. The molecule has 1 rings (SSSR count). The van der Waals surface area contributed by atoms with E-state index >= 15 is 0 Å². The van der Waals surface area contributed by atoms with E-state index in [1.54, 1.807) is 28.7 Å². The molecule has 0 spiro atoms. The van der Waals surface area contributed by atoms with E-state index in [2.05, 4.69) is 4.98 Å². The van der Waals surface area contributed by atoms with E-state index in [1.807, 2.05) is 0 Å². The first kappa shape index (κ1) is 11.3. The Bertz CT molecular complexity index is 390. The van der Waals surface area contributed by atoms with Gasteiger partial charge in [0.2, 0.25) is 0 Å². The molecular formula is C8H5F2IN2O. The fourth-order valence-corrected chi connectivity index (χ4v) is 1.65. The van der Waals surface area contributed by atoms with E-state index in [4.69, 9.17) is 10.4 Å². The van der Waals surface area contributed by atoms with Crippen LogP contribution in [0.4, 0.5) is 8.78 Å². The van der Waals surface area contributed by atoms with E-state index in [0.717, 1.165) is 0 Å². The predicted octanol–water partition coefficient (Wildman–Crippen LogP) is 1.99. The van der Waals surface area contributed by atoms with Crippen LogP contribution in [0.3, 0.4) is 0 Å². The number of rotatable bonds is 2. The molecule has 1 N–H and O–H groups in total. The zero-order chi connectivity index (χ0) is 10.7. The molecule has 0 aliphatic heterocycles. The average Bonchev–Trinajstić information content (AvgIpc) is 2.15. The van der Waals surface area contributed by atoms with E-state index in [0.29, 0.717) is 3.70 Å². The van der Waals surface area contributed by atoms with Crippen LogP contribution in [0.1, 0.15) is 23.2 Å². The van der Waals surface area contributed by atoms with E-state index in [1.165, 1.54) is 6.07 Å². The van der Waals surface area contributed by atoms with Crippen LogP contribution < -0.4 is 0 Å². The van der Waals surface area contributed by atoms with Gasteiger partial charge < -0.3 is 5.11 Å². The lowest BCUT2D eigenvalue weighted by Crippen LogP contribution is -2.03. The minimum atomic E-state index is -2.80. The Morgan fingerprint density at radius 3 is 2.71 bits per heavy atom. The van der Waals surface area contributed by atoms with Crippen molar-refractivity contribution in [3.8, 4) is 6.07 Å². The number of pyridine rings is 1. The van der Waals surface area contributed by atoms with E-state index in [-0.39, 0.29) is 11.3 Å². The van der Waals surface area contributed by atoms with Crippen molar-refractivity contribution >= 4 is 22.6 Å². The average molecular weight is 310 g/mol. The fourth-order valence-electron chi connectivity index (χ4n) is 1.03. The molecular weight excluding hydrogens is 305 g/mol. The van der Waals surface area contributed by atoms with Gasteiger partial charge >= 0.3 is 0 Å². The number of aliphatic hydroxyl groups is 1. The summed E-state index contributed by atoms with van der Waals surface area (Å²) in [6, 6.07) is 2.92. The summed E-state index contributed by atoms with van der Waals surface area (Å²) in [6.45, 7) is -0.521. The molecule has 0 radical (unpaired) electrons. The number of nitriles is 1. The highest BCUT2D eigenvalue weighted by atomic mass is 127. The molecule has 0 fully saturated rings. The summed E-state index contributed by atoms with van der Waals surface area (Å²) in [5, 5.41) is 17.4. The third kappa shape index (κ3) is 2.16. The normalized spacial score (nSPS) is 10.3. The lowest BCUT2D eigenvalue weighted by Gasteiger charge is -2.07. The first-order valence-electron chi connectivity index (χ1n) is 3.58. The second-order valence-corrected chi connectivity index (χ2v) is 3.54. The lowest BCUT2D eigenvalue weighted by molar-refractivity contribution is 0.146. The monoisotopic (exact) mass is 310 g/mol. The molecule has 74 valence electrons. The first-order chi connectivity index (χ1) is 6.60. The molecule has 0 unspecified atom stereocenters. The quantitative estimate of drug-likeness (QED) is 0.671. The Hall–Kier alpha value is -0.810. The van der Waals surface area contributed by atoms with E-state index in [9.17, 15) is 8.78 Å². The number of aliphatic hydroxyl groups excluding tert-OH is 1. The zero-order valence-corrected chi connectivity index (χ0v) is 8.99. The molecule has 0 bridgehead atoms. The van der Waals surface area contributed by atoms with Crippen molar-refractivity contribution in [1.82, 2.24) is 4.98 Å². The fraction of sp³-hybridized carbons (Fsp3) is 0.250. The summed E-state index contributed by atoms with van der Waals surface area (Å²) < 4.78 is 25.4. The minimum Gasteiger partial charge on any atom is -0.392 e. The van der Waals surface area contributed by atoms with Crippen molar-refractivity contribution in [3.05, 3.63) is 26.6 Å². The van der Waals surface area contributed by atoms with Gasteiger partial charge in [0.15, 0.2) is 5.69 Å². The minimum absolute atomic E-state index is 0.0518. The maximum absolute atomic E-state index is 12.5. The van der Waals surface area contributed by atoms with Crippen LogP contribution in [0.2, 0.25) is 0 Å². The Labute approximate surface area is 92.5 Å². The van der Waals surface area contributed by atoms with Crippen LogP contribution in [0.15, 0.2) is 6.07 Å². The van der Waals surface area contributed by atoms with Crippen LogP contribution in [0.25, 0.3) is 0 Å². The molecule has 0 aromatic carbocycles. The van der Waals surface area contributed by atoms with Crippen molar-refractivity contribution in [3.63, 3.8) is 0 Å². The van der Waals surface area contributed by atoms with Crippen molar-refractivity contribution < 1.29 is 13.9 Å². The Balaban J connectivity index is 3.42. The summed E-state index contributed by atoms with van der Waals surface area (Å²) in [5.74, 6) is 0. The highest BCUT2D eigenvalue weighted by Crippen LogP contribution is 2.26. The number of nitrogens with zero attached hydrogens (tertiary/aromatic N) is 2. The van der Waals surface area contributed by atoms with Crippen molar-refractivity contribution in [2.24, 2.45) is 0 Å². The zero-order valence-electron chi connectivity index (χ0n) is 6.84. The van der Waals surface area contributed by atoms with Crippen LogP contribution in [-0.2, 0) is 6.61 Å². The Morgan fingerprint density at radius 1 is 1.64 bits per heavy atom. The number of hydrogen-bond acceptors (Lipinski definition) is 3. The van der Waals surface area contributed by atoms with Crippen molar-refractivity contribution in [2.75, 3.05) is 0 Å². The Kier molecular flexibility index (Phi) is 3.71. The summed E-state index contributed by atoms with van der Waals surface area (Å²) >= 11 is 1.80. The van der Waals surface area contributed by atoms with Gasteiger partial charge in [0.1, 0.15) is 9.77 Å². The summed E-state index contributed by atoms with van der Waals surface area (Å²) in [4.78, 5) is 3.66. The van der Waals surface area contributed by atoms with Gasteiger partial charge in [0.25, 0.3) is 6.43 Å². The first-order valence-corrected chi connectivity index (χ1v) is 4.66. The van der Waals surface area contributed by atoms with Crippen LogP contribution in [0.5, 0.6) is 0 Å². The number of hydrogen-bond donors (Lipinski definition) is 1. The highest BCUT2D eigenvalue weighted by Gasteiger charge is 2.19. The molecule has 1 aromatic rings. The molecule has 0 saturated carbocycles. The molecule has 6 heteroatoms. The maximum Gasteiger partial charge on any atom is 0.267 e. The standard InChI is InChI=1S/C8H5F2IN2O/c9-8(10)7-4(3-14)1-6(11)13-5(7)2-12/h1,8,14H,3H2. The SMILES string of the molecule is N#Cc1nc(I)cc(CO)c1C(F)F. The molecule has 1 heterocycles. The third-order valence-electron chi connectivity index (χ3n) is 1.61. The molecule has 3 nitrogen and oxygen atoms in total. The molecule has 0 aliphatic carbocycles. The second-order valence-electron chi connectivity index (χ2n) is 2.44. The maximum atomic E-state index is 12.5. The van der Waals surface area contributed by atoms with Gasteiger partial charge in [-0.05, 0) is 34.2 Å². The number of aromatic nitrogens is 1. The smallest absolute Gasteiger partial charge is 0.267 e. The molecule has 0 atom stereocenters. The predicted molar refractivity (Wildman–Crippen MR) is 52.5 cm³/mol. The molecule has 0 aliphatic rings. The van der Waals surface area contributed by atoms with Gasteiger partial charge in [0, 0.05) is 0 Å². The van der Waals surface area contributed by atoms with Crippen LogP contribution in [-0.4, -0.2) is 10.1 Å². The molecule has 0 saturated heterocycles. The highest BCUT2D eigenvalue weighted by molar-refractivity contribution is 14.1. The van der Waals surface area contributed by atoms with Crippen LogP contribution >= 0.6 is 22.6 Å². The van der Waals surface area contributed by atoms with Gasteiger partial charge in [0.05, 0.1) is 12.2 Å². The molecule has 1 aromatic heterocycles. The summed E-state index contributed by atoms with van der Waals surface area (Å²) in [5.41, 5.74) is -0.748. The lowest BCUT2D eigenvalue weighted by atomic mass is 10.1. The van der Waals surface area contributed by atoms with Crippen molar-refractivity contribution in [1.29, 1.82) is 5.26 Å². The van der Waals surface area contributed by atoms with Crippen LogP contribution in [0, 0.1) is 15.0 Å². The third-order valence-corrected chi connectivity index (χ3v) is 2.16. The summed E-state index contributed by atoms with van der Waals surface area (Å²) in [7, 11) is 0. The van der Waals surface area contributed by atoms with Gasteiger partial charge in [-0.25, -0.2) is 13.8 Å². The topological polar surface area (TPSA) is 56.9 Å². The van der Waals surface area contributed by atoms with Crippen molar-refractivity contribution in [2.45, 2.75) is 13.0 Å². The van der Waals surface area contributed by atoms with Gasteiger partial charge in [-0.2, -0.15) is 5.26 Å². The number of alkyl halides is 2. The van der Waals surface area contributed by atoms with Gasteiger partial charge in [-0.3, -0.25) is 0 Å². The largest absolute Gasteiger partial charge is 0.392 e. The molecule has 0 amide bonds. The number of halogens is 3. The van der Waals surface area contributed by atoms with Gasteiger partial charge in [-0.15, -0.1) is 0 Å². The summed E-state index contributed by atoms with van der Waals surface area (Å²) in [6.07, 6.45) is -2.80. The Morgan fingerprint density at radius 2 is 2.29 bits per heavy atom. The van der Waals surface area contributed by atoms with Gasteiger partial charge in [-0.1, -0.05) is 0 Å². The van der Waals surface area contributed by atoms with E-state index < -0.39 is 18.6 Å².